The van der Waals surface area contributed by atoms with E-state index in [0.717, 1.165) is 29.6 Å². The molecule has 2 heterocycles. The predicted molar refractivity (Wildman–Crippen MR) is 103 cm³/mol. The van der Waals surface area contributed by atoms with Crippen molar-refractivity contribution in [2.75, 3.05) is 19.8 Å². The Morgan fingerprint density at radius 1 is 1.31 bits per heavy atom. The molecule has 1 saturated carbocycles. The molecule has 1 amide bonds. The number of pyridine rings is 1. The average molecular weight is 412 g/mol. The highest BCUT2D eigenvalue weighted by molar-refractivity contribution is 6.06. The number of nitrogens with zero attached hydrogens (tertiary/aromatic N) is 3. The predicted octanol–water partition coefficient (Wildman–Crippen LogP) is 4.07. The van der Waals surface area contributed by atoms with Crippen molar-refractivity contribution in [3.8, 4) is 0 Å². The van der Waals surface area contributed by atoms with E-state index in [9.17, 15) is 18.0 Å². The van der Waals surface area contributed by atoms with Crippen LogP contribution < -0.4 is 5.32 Å². The van der Waals surface area contributed by atoms with Crippen LogP contribution in [0, 0.1) is 6.92 Å². The third-order valence-corrected chi connectivity index (χ3v) is 4.72. The van der Waals surface area contributed by atoms with Crippen LogP contribution in [0.5, 0.6) is 0 Å². The Kier molecular flexibility index (Phi) is 5.89. The third-order valence-electron chi connectivity index (χ3n) is 4.72. The lowest BCUT2D eigenvalue weighted by molar-refractivity contribution is -0.173. The molecule has 2 aromatic heterocycles. The molecule has 2 aromatic rings. The molecule has 0 atom stereocenters. The van der Waals surface area contributed by atoms with Gasteiger partial charge in [-0.2, -0.15) is 18.3 Å². The number of alkyl halides is 3. The van der Waals surface area contributed by atoms with Crippen molar-refractivity contribution in [3.05, 3.63) is 23.0 Å². The molecule has 0 bridgehead atoms. The highest BCUT2D eigenvalue weighted by atomic mass is 19.4. The normalized spacial score (nSPS) is 15.1. The summed E-state index contributed by atoms with van der Waals surface area (Å²) in [7, 11) is 0. The number of carbonyl (C=O) groups excluding carboxylic acids is 1. The first-order chi connectivity index (χ1) is 13.5. The van der Waals surface area contributed by atoms with Crippen molar-refractivity contribution in [2.45, 2.75) is 64.6 Å². The van der Waals surface area contributed by atoms with Crippen LogP contribution in [-0.2, 0) is 10.3 Å². The number of amides is 1. The molecule has 9 heteroatoms. The average Bonchev–Trinajstić information content (AvgIpc) is 3.39. The molecular weight excluding hydrogens is 385 g/mol. The minimum absolute atomic E-state index is 0.0696. The van der Waals surface area contributed by atoms with Gasteiger partial charge < -0.3 is 10.1 Å². The number of hydrogen-bond acceptors (Lipinski definition) is 4. The van der Waals surface area contributed by atoms with Gasteiger partial charge in [0.1, 0.15) is 6.61 Å². The molecule has 3 rings (SSSR count). The monoisotopic (exact) mass is 412 g/mol. The molecule has 6 nitrogen and oxygen atoms in total. The highest BCUT2D eigenvalue weighted by Crippen LogP contribution is 2.41. The Balaban J connectivity index is 1.77. The molecule has 1 N–H and O–H groups in total. The first-order valence-electron chi connectivity index (χ1n) is 9.81. The molecule has 29 heavy (non-hydrogen) atoms. The smallest absolute Gasteiger partial charge is 0.372 e. The van der Waals surface area contributed by atoms with E-state index in [4.69, 9.17) is 4.98 Å². The molecule has 0 radical (unpaired) electrons. The maximum Gasteiger partial charge on any atom is 0.411 e. The maximum atomic E-state index is 12.9. The Bertz CT molecular complexity index is 896. The van der Waals surface area contributed by atoms with Gasteiger partial charge in [-0.15, -0.1) is 0 Å². The maximum absolute atomic E-state index is 12.9. The lowest BCUT2D eigenvalue weighted by Gasteiger charge is -2.20. The van der Waals surface area contributed by atoms with E-state index in [-0.39, 0.29) is 24.6 Å². The first kappa shape index (κ1) is 21.5. The van der Waals surface area contributed by atoms with E-state index in [0.29, 0.717) is 23.5 Å². The van der Waals surface area contributed by atoms with E-state index in [2.05, 4.69) is 15.2 Å². The Morgan fingerprint density at radius 3 is 2.59 bits per heavy atom. The number of aryl methyl sites for hydroxylation is 1. The van der Waals surface area contributed by atoms with Crippen LogP contribution in [0.1, 0.15) is 67.7 Å². The number of ether oxygens (including phenoxy) is 1. The summed E-state index contributed by atoms with van der Waals surface area (Å²) in [6.07, 6.45) is -1.93. The number of hydrogen-bond donors (Lipinski definition) is 1. The number of aromatic nitrogens is 3. The van der Waals surface area contributed by atoms with Crippen molar-refractivity contribution in [1.82, 2.24) is 20.1 Å². The summed E-state index contributed by atoms with van der Waals surface area (Å²) in [4.78, 5) is 17.7. The first-order valence-corrected chi connectivity index (χ1v) is 9.81. The third kappa shape index (κ3) is 5.26. The number of rotatable bonds is 7. The van der Waals surface area contributed by atoms with Gasteiger partial charge in [-0.05, 0) is 53.0 Å². The standard InChI is InChI=1S/C20H27F3N4O2/c1-12-16-14(18(28)24-8-5-9-29-11-20(21,22)23)10-15(13-6-7-13)25-17(16)27(26-12)19(2,3)4/h10,13H,5-9,11H2,1-4H3,(H,24,28). The minimum Gasteiger partial charge on any atom is -0.372 e. The van der Waals surface area contributed by atoms with Crippen molar-refractivity contribution in [1.29, 1.82) is 0 Å². The van der Waals surface area contributed by atoms with Crippen molar-refractivity contribution < 1.29 is 22.7 Å². The van der Waals surface area contributed by atoms with E-state index in [1.54, 1.807) is 0 Å². The Morgan fingerprint density at radius 2 is 2.00 bits per heavy atom. The summed E-state index contributed by atoms with van der Waals surface area (Å²) in [5.41, 5.74) is 2.54. The van der Waals surface area contributed by atoms with Crippen molar-refractivity contribution >= 4 is 16.9 Å². The number of carbonyl (C=O) groups is 1. The van der Waals surface area contributed by atoms with Crippen LogP contribution in [0.15, 0.2) is 6.07 Å². The second-order valence-corrected chi connectivity index (χ2v) is 8.51. The van der Waals surface area contributed by atoms with Gasteiger partial charge in [0.25, 0.3) is 5.91 Å². The van der Waals surface area contributed by atoms with Gasteiger partial charge in [-0.3, -0.25) is 4.79 Å². The molecule has 0 aliphatic heterocycles. The fourth-order valence-corrected chi connectivity index (χ4v) is 3.20. The largest absolute Gasteiger partial charge is 0.411 e. The number of nitrogens with one attached hydrogen (secondary N) is 1. The quantitative estimate of drug-likeness (QED) is 0.696. The number of fused-ring (bicyclic) bond motifs is 1. The highest BCUT2D eigenvalue weighted by Gasteiger charge is 2.30. The zero-order valence-corrected chi connectivity index (χ0v) is 17.2. The van der Waals surface area contributed by atoms with Crippen LogP contribution in [0.25, 0.3) is 11.0 Å². The van der Waals surface area contributed by atoms with Crippen LogP contribution in [0.3, 0.4) is 0 Å². The van der Waals surface area contributed by atoms with Crippen LogP contribution >= 0.6 is 0 Å². The Labute approximate surface area is 167 Å². The van der Waals surface area contributed by atoms with Crippen LogP contribution in [0.2, 0.25) is 0 Å². The lowest BCUT2D eigenvalue weighted by Crippen LogP contribution is -2.27. The molecule has 1 aliphatic rings. The molecule has 160 valence electrons. The van der Waals surface area contributed by atoms with Crippen LogP contribution in [0.4, 0.5) is 13.2 Å². The lowest BCUT2D eigenvalue weighted by atomic mass is 10.1. The second-order valence-electron chi connectivity index (χ2n) is 8.51. The Hall–Kier alpha value is -2.16. The minimum atomic E-state index is -4.34. The van der Waals surface area contributed by atoms with Gasteiger partial charge in [0.15, 0.2) is 5.65 Å². The fraction of sp³-hybridized carbons (Fsp3) is 0.650. The van der Waals surface area contributed by atoms with Gasteiger partial charge in [0.05, 0.1) is 22.2 Å². The molecule has 1 aliphatic carbocycles. The van der Waals surface area contributed by atoms with Crippen molar-refractivity contribution in [3.63, 3.8) is 0 Å². The van der Waals surface area contributed by atoms with Gasteiger partial charge in [-0.1, -0.05) is 0 Å². The zero-order chi connectivity index (χ0) is 21.4. The van der Waals surface area contributed by atoms with Crippen LogP contribution in [-0.4, -0.2) is 46.6 Å². The second kappa shape index (κ2) is 7.93. The number of halogens is 3. The van der Waals surface area contributed by atoms with E-state index >= 15 is 0 Å². The summed E-state index contributed by atoms with van der Waals surface area (Å²) in [6, 6.07) is 1.83. The van der Waals surface area contributed by atoms with E-state index < -0.39 is 12.8 Å². The summed E-state index contributed by atoms with van der Waals surface area (Å²) in [6.45, 7) is 6.83. The molecule has 0 saturated heterocycles. The van der Waals surface area contributed by atoms with Crippen molar-refractivity contribution in [2.24, 2.45) is 0 Å². The molecule has 1 fully saturated rings. The molecule has 0 aromatic carbocycles. The van der Waals surface area contributed by atoms with Gasteiger partial charge in [-0.25, -0.2) is 9.67 Å². The SMILES string of the molecule is Cc1nn(C(C)(C)C)c2nc(C3CC3)cc(C(=O)NCCCOCC(F)(F)F)c12. The summed E-state index contributed by atoms with van der Waals surface area (Å²) >= 11 is 0. The van der Waals surface area contributed by atoms with E-state index in [1.165, 1.54) is 0 Å². The summed E-state index contributed by atoms with van der Waals surface area (Å²) in [5, 5.41) is 8.12. The molecular formula is C20H27F3N4O2. The topological polar surface area (TPSA) is 69.0 Å². The van der Waals surface area contributed by atoms with Gasteiger partial charge in [0.2, 0.25) is 0 Å². The molecule has 0 unspecified atom stereocenters. The van der Waals surface area contributed by atoms with E-state index in [1.807, 2.05) is 38.4 Å². The molecule has 0 spiro atoms. The summed E-state index contributed by atoms with van der Waals surface area (Å²) in [5.74, 6) is 0.0945. The zero-order valence-electron chi connectivity index (χ0n) is 17.2. The van der Waals surface area contributed by atoms with Gasteiger partial charge in [0, 0.05) is 24.8 Å². The van der Waals surface area contributed by atoms with Gasteiger partial charge >= 0.3 is 6.18 Å². The fourth-order valence-electron chi connectivity index (χ4n) is 3.20. The summed E-state index contributed by atoms with van der Waals surface area (Å²) < 4.78 is 42.7.